The SMILES string of the molecule is CC1(C)OB(C2CC=CC3C2OC2CCCC=C2C32C3C=CC=CC3C3C=CCCC32)OC1(C)C. The highest BCUT2D eigenvalue weighted by Gasteiger charge is 2.69. The van der Waals surface area contributed by atoms with E-state index in [0.717, 1.165) is 12.8 Å². The third kappa shape index (κ3) is 3.03. The minimum Gasteiger partial charge on any atom is -0.403 e. The van der Waals surface area contributed by atoms with Crippen molar-refractivity contribution in [3.63, 3.8) is 0 Å². The lowest BCUT2D eigenvalue weighted by Gasteiger charge is -2.59. The zero-order chi connectivity index (χ0) is 24.0. The third-order valence-corrected chi connectivity index (χ3v) is 11.2. The van der Waals surface area contributed by atoms with Crippen molar-refractivity contribution in [2.24, 2.45) is 35.0 Å². The van der Waals surface area contributed by atoms with E-state index in [4.69, 9.17) is 14.0 Å². The summed E-state index contributed by atoms with van der Waals surface area (Å²) in [7, 11) is -0.218. The molecule has 2 heterocycles. The van der Waals surface area contributed by atoms with Gasteiger partial charge in [-0.1, -0.05) is 54.7 Å². The van der Waals surface area contributed by atoms with E-state index in [9.17, 15) is 0 Å². The van der Waals surface area contributed by atoms with Crippen LogP contribution in [0, 0.1) is 35.0 Å². The summed E-state index contributed by atoms with van der Waals surface area (Å²) in [5.41, 5.74) is 1.15. The fourth-order valence-corrected chi connectivity index (χ4v) is 9.07. The van der Waals surface area contributed by atoms with E-state index in [0.29, 0.717) is 29.6 Å². The number of allylic oxidation sites excluding steroid dienone is 8. The maximum absolute atomic E-state index is 7.16. The molecule has 2 saturated heterocycles. The average Bonchev–Trinajstić information content (AvgIpc) is 3.27. The van der Waals surface area contributed by atoms with Crippen LogP contribution in [0.1, 0.15) is 66.2 Å². The minimum atomic E-state index is -0.314. The molecule has 0 aromatic carbocycles. The molecule has 1 spiro atoms. The van der Waals surface area contributed by atoms with Crippen LogP contribution in [0.3, 0.4) is 0 Å². The van der Waals surface area contributed by atoms with Crippen LogP contribution in [0.15, 0.2) is 60.3 Å². The van der Waals surface area contributed by atoms with Crippen LogP contribution < -0.4 is 0 Å². The number of ether oxygens (including phenoxy) is 1. The highest BCUT2D eigenvalue weighted by atomic mass is 16.7. The Kier molecular flexibility index (Phi) is 5.10. The molecule has 0 radical (unpaired) electrons. The molecule has 0 amide bonds. The lowest BCUT2D eigenvalue weighted by molar-refractivity contribution is -0.125. The standard InChI is InChI=1S/C31H41BO3/c1-29(2)30(3,4)35-32(34-29)26-18-11-17-25-28(26)33-27-19-10-9-16-24(27)31(25)22-14-7-5-12-20(22)21-13-6-8-15-23(21)31/h5-7,11-14,16-17,20-23,25-28H,8-10,15,18-19H2,1-4H3. The van der Waals surface area contributed by atoms with Gasteiger partial charge in [-0.15, -0.1) is 0 Å². The summed E-state index contributed by atoms with van der Waals surface area (Å²) < 4.78 is 20.5. The summed E-state index contributed by atoms with van der Waals surface area (Å²) in [5.74, 6) is 3.02. The molecule has 0 aromatic rings. The molecule has 9 unspecified atom stereocenters. The summed E-state index contributed by atoms with van der Waals surface area (Å²) in [6, 6.07) is 0. The average molecular weight is 472 g/mol. The summed E-state index contributed by atoms with van der Waals surface area (Å²) in [4.78, 5) is 0. The summed E-state index contributed by atoms with van der Waals surface area (Å²) in [6.07, 6.45) is 29.8. The number of hydrogen-bond donors (Lipinski definition) is 0. The zero-order valence-electron chi connectivity index (χ0n) is 21.9. The molecule has 1 saturated carbocycles. The lowest BCUT2D eigenvalue weighted by Crippen LogP contribution is -2.58. The molecule has 35 heavy (non-hydrogen) atoms. The van der Waals surface area contributed by atoms with Gasteiger partial charge in [-0.2, -0.15) is 0 Å². The van der Waals surface area contributed by atoms with Crippen molar-refractivity contribution < 1.29 is 14.0 Å². The van der Waals surface area contributed by atoms with Crippen LogP contribution in [-0.2, 0) is 14.0 Å². The molecule has 5 aliphatic carbocycles. The Balaban J connectivity index is 1.36. The molecule has 0 bridgehead atoms. The molecule has 0 aromatic heterocycles. The number of hydrogen-bond acceptors (Lipinski definition) is 3. The first-order chi connectivity index (χ1) is 16.8. The predicted molar refractivity (Wildman–Crippen MR) is 141 cm³/mol. The van der Waals surface area contributed by atoms with Gasteiger partial charge in [0.1, 0.15) is 0 Å². The molecule has 4 heteroatoms. The highest BCUT2D eigenvalue weighted by Crippen LogP contribution is 2.71. The van der Waals surface area contributed by atoms with E-state index < -0.39 is 0 Å². The van der Waals surface area contributed by atoms with E-state index in [1.807, 2.05) is 0 Å². The van der Waals surface area contributed by atoms with Crippen LogP contribution in [0.5, 0.6) is 0 Å². The molecular formula is C31H41BO3. The Bertz CT molecular complexity index is 1020. The molecule has 2 aliphatic heterocycles. The molecule has 0 N–H and O–H groups in total. The van der Waals surface area contributed by atoms with Gasteiger partial charge >= 0.3 is 7.12 Å². The monoisotopic (exact) mass is 472 g/mol. The van der Waals surface area contributed by atoms with Gasteiger partial charge in [-0.05, 0) is 95.5 Å². The van der Waals surface area contributed by atoms with Gasteiger partial charge in [0.05, 0.1) is 23.4 Å². The highest BCUT2D eigenvalue weighted by molar-refractivity contribution is 6.47. The van der Waals surface area contributed by atoms with Crippen molar-refractivity contribution in [2.45, 2.75) is 95.4 Å². The van der Waals surface area contributed by atoms with Crippen molar-refractivity contribution in [1.29, 1.82) is 0 Å². The fraction of sp³-hybridized carbons (Fsp3) is 0.677. The number of fused-ring (bicyclic) bond motifs is 9. The van der Waals surface area contributed by atoms with Gasteiger partial charge in [-0.3, -0.25) is 0 Å². The lowest BCUT2D eigenvalue weighted by atomic mass is 9.48. The number of rotatable bonds is 1. The van der Waals surface area contributed by atoms with Crippen molar-refractivity contribution >= 4 is 7.12 Å². The summed E-state index contributed by atoms with van der Waals surface area (Å²) in [5, 5.41) is 0. The predicted octanol–water partition coefficient (Wildman–Crippen LogP) is 6.84. The van der Waals surface area contributed by atoms with Gasteiger partial charge in [-0.25, -0.2) is 0 Å². The fourth-order valence-electron chi connectivity index (χ4n) is 9.07. The zero-order valence-corrected chi connectivity index (χ0v) is 21.9. The van der Waals surface area contributed by atoms with Gasteiger partial charge in [0.2, 0.25) is 0 Å². The molecule has 7 rings (SSSR count). The Labute approximate surface area is 211 Å². The second kappa shape index (κ2) is 7.82. The van der Waals surface area contributed by atoms with Crippen LogP contribution >= 0.6 is 0 Å². The first-order valence-corrected chi connectivity index (χ1v) is 14.2. The van der Waals surface area contributed by atoms with E-state index >= 15 is 0 Å². The quantitative estimate of drug-likeness (QED) is 0.309. The normalized spacial score (nSPS) is 48.3. The maximum Gasteiger partial charge on any atom is 0.464 e. The Hall–Kier alpha value is -1.36. The van der Waals surface area contributed by atoms with E-state index in [2.05, 4.69) is 82.4 Å². The van der Waals surface area contributed by atoms with Crippen molar-refractivity contribution in [3.05, 3.63) is 60.3 Å². The summed E-state index contributed by atoms with van der Waals surface area (Å²) >= 11 is 0. The molecule has 3 nitrogen and oxygen atoms in total. The van der Waals surface area contributed by atoms with Gasteiger partial charge < -0.3 is 14.0 Å². The Morgan fingerprint density at radius 3 is 2.46 bits per heavy atom. The maximum atomic E-state index is 7.16. The first kappa shape index (κ1) is 22.8. The Morgan fingerprint density at radius 1 is 0.829 bits per heavy atom. The third-order valence-electron chi connectivity index (χ3n) is 11.2. The molecule has 7 aliphatic rings. The van der Waals surface area contributed by atoms with Crippen molar-refractivity contribution in [3.8, 4) is 0 Å². The van der Waals surface area contributed by atoms with Crippen LogP contribution in [-0.4, -0.2) is 30.5 Å². The van der Waals surface area contributed by atoms with Crippen molar-refractivity contribution in [2.75, 3.05) is 0 Å². The van der Waals surface area contributed by atoms with Gasteiger partial charge in [0, 0.05) is 17.2 Å². The van der Waals surface area contributed by atoms with Gasteiger partial charge in [0.15, 0.2) is 0 Å². The molecule has 9 atom stereocenters. The molecule has 3 fully saturated rings. The van der Waals surface area contributed by atoms with Crippen LogP contribution in [0.25, 0.3) is 0 Å². The van der Waals surface area contributed by atoms with E-state index in [-0.39, 0.29) is 41.8 Å². The van der Waals surface area contributed by atoms with Crippen molar-refractivity contribution in [1.82, 2.24) is 0 Å². The second-order valence-electron chi connectivity index (χ2n) is 13.2. The minimum absolute atomic E-state index is 0.133. The smallest absolute Gasteiger partial charge is 0.403 e. The molecule has 186 valence electrons. The second-order valence-corrected chi connectivity index (χ2v) is 13.2. The van der Waals surface area contributed by atoms with E-state index in [1.165, 1.54) is 25.7 Å². The summed E-state index contributed by atoms with van der Waals surface area (Å²) in [6.45, 7) is 8.70. The topological polar surface area (TPSA) is 27.7 Å². The van der Waals surface area contributed by atoms with Gasteiger partial charge in [0.25, 0.3) is 0 Å². The van der Waals surface area contributed by atoms with E-state index in [1.54, 1.807) is 5.57 Å². The largest absolute Gasteiger partial charge is 0.464 e. The van der Waals surface area contributed by atoms with Crippen LogP contribution in [0.2, 0.25) is 5.82 Å². The first-order valence-electron chi connectivity index (χ1n) is 14.2. The Morgan fingerprint density at radius 2 is 1.63 bits per heavy atom. The molecular weight excluding hydrogens is 431 g/mol. The van der Waals surface area contributed by atoms with Crippen LogP contribution in [0.4, 0.5) is 0 Å².